The van der Waals surface area contributed by atoms with Crippen LogP contribution in [-0.2, 0) is 0 Å². The predicted molar refractivity (Wildman–Crippen MR) is 47.5 cm³/mol. The first-order valence-corrected chi connectivity index (χ1v) is 3.87. The van der Waals surface area contributed by atoms with Crippen LogP contribution in [0.4, 0.5) is 0 Å². The van der Waals surface area contributed by atoms with E-state index in [0.717, 1.165) is 0 Å². The number of hydrogen-bond donors (Lipinski definition) is 1. The van der Waals surface area contributed by atoms with Crippen LogP contribution in [-0.4, -0.2) is 23.2 Å². The quantitative estimate of drug-likeness (QED) is 0.782. The molecule has 2 rings (SSSR count). The zero-order valence-electron chi connectivity index (χ0n) is 7.35. The number of rotatable bonds is 2. The van der Waals surface area contributed by atoms with E-state index in [9.17, 15) is 4.79 Å². The Hall–Kier alpha value is -2.04. The van der Waals surface area contributed by atoms with Gasteiger partial charge < -0.3 is 14.3 Å². The Morgan fingerprint density at radius 3 is 3.00 bits per heavy atom. The van der Waals surface area contributed by atoms with Crippen LogP contribution < -0.4 is 4.74 Å². The van der Waals surface area contributed by atoms with Crippen LogP contribution in [0.5, 0.6) is 5.75 Å². The number of aromatic carboxylic acids is 1. The van der Waals surface area contributed by atoms with Gasteiger partial charge in [-0.15, -0.1) is 0 Å². The maximum Gasteiger partial charge on any atom is 0.335 e. The summed E-state index contributed by atoms with van der Waals surface area (Å²) in [6.45, 7) is 0. The molecule has 72 valence electrons. The van der Waals surface area contributed by atoms with Crippen molar-refractivity contribution in [2.45, 2.75) is 0 Å². The molecule has 0 bridgehead atoms. The third kappa shape index (κ3) is 1.19. The largest absolute Gasteiger partial charge is 0.493 e. The molecular weight excluding hydrogens is 186 g/mol. The van der Waals surface area contributed by atoms with Crippen LogP contribution >= 0.6 is 0 Å². The third-order valence-electron chi connectivity index (χ3n) is 1.86. The second-order valence-electron chi connectivity index (χ2n) is 2.68. The lowest BCUT2D eigenvalue weighted by Gasteiger charge is -2.00. The molecule has 1 heterocycles. The summed E-state index contributed by atoms with van der Waals surface area (Å²) in [6, 6.07) is 2.83. The molecule has 0 aliphatic heterocycles. The number of ether oxygens (including phenoxy) is 1. The highest BCUT2D eigenvalue weighted by molar-refractivity contribution is 5.94. The molecule has 0 unspecified atom stereocenters. The topological polar surface area (TPSA) is 72.6 Å². The normalized spacial score (nSPS) is 10.4. The van der Waals surface area contributed by atoms with Crippen molar-refractivity contribution < 1.29 is 19.1 Å². The van der Waals surface area contributed by atoms with Gasteiger partial charge >= 0.3 is 5.97 Å². The number of carboxylic acid groups (broad SMARTS) is 1. The second kappa shape index (κ2) is 3.02. The molecule has 2 aromatic rings. The summed E-state index contributed by atoms with van der Waals surface area (Å²) in [4.78, 5) is 14.6. The van der Waals surface area contributed by atoms with Crippen molar-refractivity contribution in [2.24, 2.45) is 0 Å². The fourth-order valence-electron chi connectivity index (χ4n) is 1.21. The van der Waals surface area contributed by atoms with Crippen molar-refractivity contribution in [1.82, 2.24) is 4.98 Å². The van der Waals surface area contributed by atoms with E-state index >= 15 is 0 Å². The van der Waals surface area contributed by atoms with Gasteiger partial charge in [0.2, 0.25) is 0 Å². The average molecular weight is 193 g/mol. The van der Waals surface area contributed by atoms with E-state index < -0.39 is 5.97 Å². The van der Waals surface area contributed by atoms with E-state index in [4.69, 9.17) is 14.3 Å². The van der Waals surface area contributed by atoms with Crippen LogP contribution in [0.3, 0.4) is 0 Å². The molecular formula is C9H7NO4. The first kappa shape index (κ1) is 8.55. The van der Waals surface area contributed by atoms with Gasteiger partial charge in [0.05, 0.1) is 12.7 Å². The predicted octanol–water partition coefficient (Wildman–Crippen LogP) is 1.53. The molecule has 0 aliphatic carbocycles. The molecule has 0 atom stereocenters. The molecule has 0 saturated carbocycles. The van der Waals surface area contributed by atoms with Gasteiger partial charge in [-0.1, -0.05) is 0 Å². The van der Waals surface area contributed by atoms with Crippen molar-refractivity contribution in [3.8, 4) is 5.75 Å². The first-order chi connectivity index (χ1) is 6.72. The summed E-state index contributed by atoms with van der Waals surface area (Å²) >= 11 is 0. The SMILES string of the molecule is COc1cc(C(=O)O)cc2ncoc12. The monoisotopic (exact) mass is 193 g/mol. The van der Waals surface area contributed by atoms with E-state index in [1.165, 1.54) is 25.6 Å². The van der Waals surface area contributed by atoms with Gasteiger partial charge in [0.25, 0.3) is 0 Å². The van der Waals surface area contributed by atoms with Gasteiger partial charge in [0, 0.05) is 0 Å². The maximum absolute atomic E-state index is 10.7. The number of fused-ring (bicyclic) bond motifs is 1. The summed E-state index contributed by atoms with van der Waals surface area (Å²) < 4.78 is 10.0. The van der Waals surface area contributed by atoms with Crippen molar-refractivity contribution in [1.29, 1.82) is 0 Å². The summed E-state index contributed by atoms with van der Waals surface area (Å²) in [5, 5.41) is 8.79. The lowest BCUT2D eigenvalue weighted by molar-refractivity contribution is 0.0696. The Balaban J connectivity index is 2.73. The molecule has 5 nitrogen and oxygen atoms in total. The standard InChI is InChI=1S/C9H7NO4/c1-13-7-3-5(9(11)12)2-6-8(7)14-4-10-6/h2-4H,1H3,(H,11,12). The van der Waals surface area contributed by atoms with E-state index in [2.05, 4.69) is 4.98 Å². The minimum atomic E-state index is -1.02. The highest BCUT2D eigenvalue weighted by Crippen LogP contribution is 2.26. The van der Waals surface area contributed by atoms with Gasteiger partial charge in [-0.25, -0.2) is 9.78 Å². The molecule has 1 N–H and O–H groups in total. The molecule has 0 radical (unpaired) electrons. The number of oxazole rings is 1. The van der Waals surface area contributed by atoms with Crippen molar-refractivity contribution >= 4 is 17.1 Å². The van der Waals surface area contributed by atoms with Crippen molar-refractivity contribution in [2.75, 3.05) is 7.11 Å². The van der Waals surface area contributed by atoms with Crippen LogP contribution in [0.25, 0.3) is 11.1 Å². The smallest absolute Gasteiger partial charge is 0.335 e. The molecule has 0 saturated heterocycles. The van der Waals surface area contributed by atoms with Gasteiger partial charge in [0.1, 0.15) is 5.52 Å². The van der Waals surface area contributed by atoms with Crippen molar-refractivity contribution in [3.05, 3.63) is 24.1 Å². The number of carbonyl (C=O) groups is 1. The Morgan fingerprint density at radius 1 is 1.57 bits per heavy atom. The Labute approximate surface area is 78.9 Å². The van der Waals surface area contributed by atoms with Crippen LogP contribution in [0.2, 0.25) is 0 Å². The van der Waals surface area contributed by atoms with E-state index in [-0.39, 0.29) is 5.56 Å². The number of benzene rings is 1. The van der Waals surface area contributed by atoms with E-state index in [1.807, 2.05) is 0 Å². The maximum atomic E-state index is 10.7. The highest BCUT2D eigenvalue weighted by Gasteiger charge is 2.12. The molecule has 1 aromatic carbocycles. The summed E-state index contributed by atoms with van der Waals surface area (Å²) in [7, 11) is 1.45. The number of carboxylic acids is 1. The molecule has 0 fully saturated rings. The molecule has 1 aromatic heterocycles. The number of hydrogen-bond acceptors (Lipinski definition) is 4. The minimum absolute atomic E-state index is 0.128. The molecule has 0 amide bonds. The second-order valence-corrected chi connectivity index (χ2v) is 2.68. The number of aromatic nitrogens is 1. The fraction of sp³-hybridized carbons (Fsp3) is 0.111. The molecule has 14 heavy (non-hydrogen) atoms. The summed E-state index contributed by atoms with van der Waals surface area (Å²) in [6.07, 6.45) is 1.25. The summed E-state index contributed by atoms with van der Waals surface area (Å²) in [5.41, 5.74) is 1.06. The number of methoxy groups -OCH3 is 1. The Morgan fingerprint density at radius 2 is 2.36 bits per heavy atom. The van der Waals surface area contributed by atoms with E-state index in [0.29, 0.717) is 16.8 Å². The molecule has 0 aliphatic rings. The van der Waals surface area contributed by atoms with Crippen LogP contribution in [0.15, 0.2) is 22.9 Å². The third-order valence-corrected chi connectivity index (χ3v) is 1.86. The zero-order chi connectivity index (χ0) is 10.1. The fourth-order valence-corrected chi connectivity index (χ4v) is 1.21. The zero-order valence-corrected chi connectivity index (χ0v) is 7.35. The highest BCUT2D eigenvalue weighted by atomic mass is 16.5. The lowest BCUT2D eigenvalue weighted by atomic mass is 10.2. The van der Waals surface area contributed by atoms with Crippen LogP contribution in [0, 0.1) is 0 Å². The van der Waals surface area contributed by atoms with Gasteiger partial charge in [-0.2, -0.15) is 0 Å². The Bertz CT molecular complexity index is 489. The van der Waals surface area contributed by atoms with Crippen LogP contribution in [0.1, 0.15) is 10.4 Å². The molecule has 0 spiro atoms. The Kier molecular flexibility index (Phi) is 1.85. The molecule has 5 heteroatoms. The van der Waals surface area contributed by atoms with Gasteiger partial charge in [-0.3, -0.25) is 0 Å². The van der Waals surface area contributed by atoms with Gasteiger partial charge in [-0.05, 0) is 12.1 Å². The van der Waals surface area contributed by atoms with Gasteiger partial charge in [0.15, 0.2) is 17.7 Å². The summed E-state index contributed by atoms with van der Waals surface area (Å²) in [5.74, 6) is -0.648. The first-order valence-electron chi connectivity index (χ1n) is 3.87. The lowest BCUT2D eigenvalue weighted by Crippen LogP contribution is -1.97. The average Bonchev–Trinajstić information content (AvgIpc) is 2.63. The number of nitrogens with zero attached hydrogens (tertiary/aromatic N) is 1. The van der Waals surface area contributed by atoms with E-state index in [1.54, 1.807) is 0 Å². The van der Waals surface area contributed by atoms with Crippen molar-refractivity contribution in [3.63, 3.8) is 0 Å². The minimum Gasteiger partial charge on any atom is -0.493 e.